The second kappa shape index (κ2) is 3.43. The van der Waals surface area contributed by atoms with E-state index in [1.54, 1.807) is 13.8 Å². The Kier molecular flexibility index (Phi) is 2.51. The Balaban J connectivity index is 3.58. The van der Waals surface area contributed by atoms with Gasteiger partial charge in [0.25, 0.3) is 5.56 Å². The van der Waals surface area contributed by atoms with Gasteiger partial charge in [0.15, 0.2) is 12.2 Å². The van der Waals surface area contributed by atoms with Crippen LogP contribution in [0, 0.1) is 6.92 Å². The number of hydrogen-bond donors (Lipinski definition) is 1. The van der Waals surface area contributed by atoms with Crippen molar-refractivity contribution in [2.24, 2.45) is 0 Å². The van der Waals surface area contributed by atoms with Crippen molar-refractivity contribution in [3.8, 4) is 5.88 Å². The van der Waals surface area contributed by atoms with Crippen LogP contribution in [0.4, 0.5) is 0 Å². The fourth-order valence-corrected chi connectivity index (χ4v) is 1.22. The van der Waals surface area contributed by atoms with Crippen molar-refractivity contribution < 1.29 is 9.90 Å². The molecule has 0 aromatic carbocycles. The number of aromatic nitrogens is 1. The molecule has 0 spiro atoms. The first-order chi connectivity index (χ1) is 6.11. The molecular weight excluding hydrogens is 170 g/mol. The molecule has 4 heteroatoms. The van der Waals surface area contributed by atoms with Crippen LogP contribution in [0.2, 0.25) is 0 Å². The Morgan fingerprint density at radius 3 is 2.69 bits per heavy atom. The average molecular weight is 181 g/mol. The maximum Gasteiger partial charge on any atom is 0.264 e. The van der Waals surface area contributed by atoms with Gasteiger partial charge in [-0.05, 0) is 19.4 Å². The zero-order valence-electron chi connectivity index (χ0n) is 7.57. The lowest BCUT2D eigenvalue weighted by atomic mass is 10.2. The number of hydrogen-bond acceptors (Lipinski definition) is 3. The Bertz CT molecular complexity index is 393. The third-order valence-corrected chi connectivity index (χ3v) is 1.96. The topological polar surface area (TPSA) is 59.3 Å². The summed E-state index contributed by atoms with van der Waals surface area (Å²) in [6.45, 7) is 3.70. The maximum absolute atomic E-state index is 11.4. The average Bonchev–Trinajstić information content (AvgIpc) is 2.04. The molecule has 0 amide bonds. The molecule has 1 aromatic heterocycles. The van der Waals surface area contributed by atoms with Gasteiger partial charge in [-0.25, -0.2) is 0 Å². The molecule has 0 bridgehead atoms. The third kappa shape index (κ3) is 1.47. The van der Waals surface area contributed by atoms with E-state index in [-0.39, 0.29) is 11.4 Å². The first-order valence-electron chi connectivity index (χ1n) is 4.00. The predicted octanol–water partition coefficient (Wildman–Crippen LogP) is 0.695. The molecule has 0 aliphatic rings. The lowest BCUT2D eigenvalue weighted by Crippen LogP contribution is -2.23. The van der Waals surface area contributed by atoms with Crippen LogP contribution in [-0.2, 0) is 6.54 Å². The highest BCUT2D eigenvalue weighted by Gasteiger charge is 2.09. The number of carbonyl (C=O) groups is 1. The first kappa shape index (κ1) is 9.51. The first-order valence-corrected chi connectivity index (χ1v) is 4.00. The second-order valence-corrected chi connectivity index (χ2v) is 2.77. The van der Waals surface area contributed by atoms with Crippen LogP contribution < -0.4 is 5.56 Å². The van der Waals surface area contributed by atoms with Crippen LogP contribution in [0.25, 0.3) is 0 Å². The van der Waals surface area contributed by atoms with Crippen molar-refractivity contribution in [3.05, 3.63) is 27.5 Å². The highest BCUT2D eigenvalue weighted by atomic mass is 16.3. The van der Waals surface area contributed by atoms with Gasteiger partial charge in [-0.1, -0.05) is 0 Å². The van der Waals surface area contributed by atoms with E-state index in [0.29, 0.717) is 18.4 Å². The van der Waals surface area contributed by atoms with Gasteiger partial charge in [0.1, 0.15) is 0 Å². The highest BCUT2D eigenvalue weighted by Crippen LogP contribution is 2.10. The van der Waals surface area contributed by atoms with Crippen molar-refractivity contribution in [2.75, 3.05) is 0 Å². The van der Waals surface area contributed by atoms with E-state index in [0.717, 1.165) is 4.57 Å². The number of rotatable bonds is 2. The van der Waals surface area contributed by atoms with Crippen LogP contribution in [0.5, 0.6) is 5.88 Å². The monoisotopic (exact) mass is 181 g/mol. The zero-order chi connectivity index (χ0) is 10.0. The Labute approximate surface area is 75.4 Å². The minimum absolute atomic E-state index is 0.101. The van der Waals surface area contributed by atoms with Gasteiger partial charge < -0.3 is 5.11 Å². The number of nitrogens with zero attached hydrogens (tertiary/aromatic N) is 1. The van der Waals surface area contributed by atoms with Gasteiger partial charge >= 0.3 is 0 Å². The van der Waals surface area contributed by atoms with E-state index in [2.05, 4.69) is 0 Å². The van der Waals surface area contributed by atoms with Crippen molar-refractivity contribution in [3.63, 3.8) is 0 Å². The SMILES string of the molecule is CCn1c(O)cc(C)c(C=O)c1=O. The van der Waals surface area contributed by atoms with Gasteiger partial charge in [0.05, 0.1) is 5.56 Å². The molecule has 0 unspecified atom stereocenters. The second-order valence-electron chi connectivity index (χ2n) is 2.77. The smallest absolute Gasteiger partial charge is 0.264 e. The normalized spacial score (nSPS) is 10.0. The Morgan fingerprint density at radius 1 is 1.62 bits per heavy atom. The number of carbonyl (C=O) groups excluding carboxylic acids is 1. The van der Waals surface area contributed by atoms with E-state index in [1.807, 2.05) is 0 Å². The summed E-state index contributed by atoms with van der Waals surface area (Å²) in [5.74, 6) is -0.101. The van der Waals surface area contributed by atoms with Crippen LogP contribution >= 0.6 is 0 Å². The molecule has 70 valence electrons. The molecule has 0 saturated carbocycles. The summed E-state index contributed by atoms with van der Waals surface area (Å²) in [4.78, 5) is 22.0. The molecule has 1 rings (SSSR count). The van der Waals surface area contributed by atoms with Crippen LogP contribution in [0.15, 0.2) is 10.9 Å². The third-order valence-electron chi connectivity index (χ3n) is 1.96. The molecule has 0 aliphatic carbocycles. The minimum Gasteiger partial charge on any atom is -0.494 e. The standard InChI is InChI=1S/C9H11NO3/c1-3-10-8(12)4-6(2)7(5-11)9(10)13/h4-5,12H,3H2,1-2H3. The quantitative estimate of drug-likeness (QED) is 0.683. The summed E-state index contributed by atoms with van der Waals surface area (Å²) in [6.07, 6.45) is 0.517. The summed E-state index contributed by atoms with van der Waals surface area (Å²) in [7, 11) is 0. The van der Waals surface area contributed by atoms with E-state index in [9.17, 15) is 14.7 Å². The van der Waals surface area contributed by atoms with E-state index in [4.69, 9.17) is 0 Å². The summed E-state index contributed by atoms with van der Waals surface area (Å²) >= 11 is 0. The number of aryl methyl sites for hydroxylation is 1. The maximum atomic E-state index is 11.4. The van der Waals surface area contributed by atoms with Gasteiger partial charge in [-0.15, -0.1) is 0 Å². The van der Waals surface area contributed by atoms with E-state index in [1.165, 1.54) is 6.07 Å². The lowest BCUT2D eigenvalue weighted by Gasteiger charge is -2.07. The summed E-state index contributed by atoms with van der Waals surface area (Å²) in [6, 6.07) is 1.41. The van der Waals surface area contributed by atoms with Gasteiger partial charge in [0, 0.05) is 12.6 Å². The molecule has 0 radical (unpaired) electrons. The van der Waals surface area contributed by atoms with Crippen molar-refractivity contribution >= 4 is 6.29 Å². The molecule has 4 nitrogen and oxygen atoms in total. The van der Waals surface area contributed by atoms with E-state index >= 15 is 0 Å². The molecule has 0 aliphatic heterocycles. The number of pyridine rings is 1. The summed E-state index contributed by atoms with van der Waals surface area (Å²) in [5.41, 5.74) is 0.178. The van der Waals surface area contributed by atoms with Crippen molar-refractivity contribution in [2.45, 2.75) is 20.4 Å². The Morgan fingerprint density at radius 2 is 2.23 bits per heavy atom. The number of aromatic hydroxyl groups is 1. The van der Waals surface area contributed by atoms with Crippen LogP contribution in [0.1, 0.15) is 22.8 Å². The Hall–Kier alpha value is -1.58. The largest absolute Gasteiger partial charge is 0.494 e. The highest BCUT2D eigenvalue weighted by molar-refractivity contribution is 5.76. The van der Waals surface area contributed by atoms with Crippen molar-refractivity contribution in [1.82, 2.24) is 4.57 Å². The van der Waals surface area contributed by atoms with Crippen LogP contribution in [-0.4, -0.2) is 16.0 Å². The fourth-order valence-electron chi connectivity index (χ4n) is 1.22. The molecule has 1 N–H and O–H groups in total. The molecular formula is C9H11NO3. The van der Waals surface area contributed by atoms with Gasteiger partial charge in [0.2, 0.25) is 0 Å². The molecule has 13 heavy (non-hydrogen) atoms. The summed E-state index contributed by atoms with van der Waals surface area (Å²) < 4.78 is 1.15. The fraction of sp³-hybridized carbons (Fsp3) is 0.333. The lowest BCUT2D eigenvalue weighted by molar-refractivity contribution is 0.112. The zero-order valence-corrected chi connectivity index (χ0v) is 7.57. The molecule has 0 saturated heterocycles. The molecule has 1 heterocycles. The van der Waals surface area contributed by atoms with Crippen LogP contribution in [0.3, 0.4) is 0 Å². The van der Waals surface area contributed by atoms with Crippen molar-refractivity contribution in [1.29, 1.82) is 0 Å². The van der Waals surface area contributed by atoms with Gasteiger partial charge in [-0.2, -0.15) is 0 Å². The minimum atomic E-state index is -0.435. The number of aldehydes is 1. The summed E-state index contributed by atoms with van der Waals surface area (Å²) in [5, 5.41) is 9.34. The molecule has 0 fully saturated rings. The van der Waals surface area contributed by atoms with E-state index < -0.39 is 5.56 Å². The predicted molar refractivity (Wildman–Crippen MR) is 48.2 cm³/mol. The molecule has 0 atom stereocenters. The van der Waals surface area contributed by atoms with Gasteiger partial charge in [-0.3, -0.25) is 14.2 Å². The molecule has 1 aromatic rings.